The Labute approximate surface area is 385 Å². The third-order valence-corrected chi connectivity index (χ3v) is 12.5. The lowest BCUT2D eigenvalue weighted by atomic mass is 10.0. The molecular formula is C56H105NO5. The summed E-state index contributed by atoms with van der Waals surface area (Å²) in [6.45, 7) is 6.47. The first-order valence-corrected chi connectivity index (χ1v) is 27.2. The molecule has 6 heteroatoms. The van der Waals surface area contributed by atoms with Crippen LogP contribution in [-0.2, 0) is 14.3 Å². The van der Waals surface area contributed by atoms with Crippen molar-refractivity contribution in [3.8, 4) is 0 Å². The van der Waals surface area contributed by atoms with Crippen molar-refractivity contribution in [1.82, 2.24) is 5.32 Å². The van der Waals surface area contributed by atoms with Crippen LogP contribution in [-0.4, -0.2) is 46.9 Å². The Morgan fingerprint density at radius 1 is 0.468 bits per heavy atom. The van der Waals surface area contributed by atoms with E-state index in [1.165, 1.54) is 154 Å². The third-order valence-electron chi connectivity index (χ3n) is 12.5. The second kappa shape index (κ2) is 50.1. The summed E-state index contributed by atoms with van der Waals surface area (Å²) < 4.78 is 5.94. The third kappa shape index (κ3) is 44.7. The van der Waals surface area contributed by atoms with Crippen LogP contribution in [0.4, 0.5) is 0 Å². The van der Waals surface area contributed by atoms with Crippen molar-refractivity contribution >= 4 is 11.9 Å². The molecule has 0 rings (SSSR count). The Bertz CT molecular complexity index is 1020. The molecule has 0 aromatic carbocycles. The quantitative estimate of drug-likeness (QED) is 0.0321. The first-order valence-electron chi connectivity index (χ1n) is 27.2. The van der Waals surface area contributed by atoms with Gasteiger partial charge in [0.1, 0.15) is 6.10 Å². The lowest BCUT2D eigenvalue weighted by molar-refractivity contribution is -0.151. The second-order valence-electron chi connectivity index (χ2n) is 18.6. The first-order chi connectivity index (χ1) is 30.5. The van der Waals surface area contributed by atoms with E-state index in [1.807, 2.05) is 0 Å². The number of hydrogen-bond acceptors (Lipinski definition) is 5. The molecular weight excluding hydrogens is 767 g/mol. The van der Waals surface area contributed by atoms with Gasteiger partial charge in [-0.1, -0.05) is 243 Å². The highest BCUT2D eigenvalue weighted by molar-refractivity contribution is 5.77. The number of amides is 1. The monoisotopic (exact) mass is 872 g/mol. The van der Waals surface area contributed by atoms with Crippen molar-refractivity contribution in [2.75, 3.05) is 6.61 Å². The minimum Gasteiger partial charge on any atom is -0.462 e. The highest BCUT2D eigenvalue weighted by atomic mass is 16.5. The Balaban J connectivity index is 4.61. The van der Waals surface area contributed by atoms with Gasteiger partial charge in [0, 0.05) is 6.42 Å². The van der Waals surface area contributed by atoms with Gasteiger partial charge in [-0.15, -0.1) is 0 Å². The van der Waals surface area contributed by atoms with Crippen molar-refractivity contribution in [3.63, 3.8) is 0 Å². The number of aliphatic hydroxyl groups is 2. The van der Waals surface area contributed by atoms with Gasteiger partial charge in [-0.3, -0.25) is 9.59 Å². The number of esters is 1. The average molecular weight is 872 g/mol. The van der Waals surface area contributed by atoms with Gasteiger partial charge in [0.05, 0.1) is 25.2 Å². The van der Waals surface area contributed by atoms with E-state index in [1.54, 1.807) is 0 Å². The molecule has 6 nitrogen and oxygen atoms in total. The normalized spacial score (nSPS) is 13.4. The molecule has 3 N–H and O–H groups in total. The molecule has 0 spiro atoms. The molecule has 0 radical (unpaired) electrons. The van der Waals surface area contributed by atoms with E-state index in [4.69, 9.17) is 4.74 Å². The molecule has 0 saturated carbocycles. The Kier molecular flexibility index (Phi) is 48.5. The summed E-state index contributed by atoms with van der Waals surface area (Å²) in [6, 6.07) is -0.706. The predicted octanol–water partition coefficient (Wildman–Crippen LogP) is 16.5. The highest BCUT2D eigenvalue weighted by Gasteiger charge is 2.24. The molecule has 0 aliphatic heterocycles. The van der Waals surface area contributed by atoms with Gasteiger partial charge in [-0.2, -0.15) is 0 Å². The average Bonchev–Trinajstić information content (AvgIpc) is 3.26. The van der Waals surface area contributed by atoms with Gasteiger partial charge in [-0.25, -0.2) is 0 Å². The molecule has 0 saturated heterocycles. The van der Waals surface area contributed by atoms with E-state index in [0.717, 1.165) is 83.5 Å². The fraction of sp³-hybridized carbons (Fsp3) is 0.857. The zero-order valence-electron chi connectivity index (χ0n) is 41.5. The number of carbonyl (C=O) groups is 2. The summed E-state index contributed by atoms with van der Waals surface area (Å²) in [5.41, 5.74) is 0. The first kappa shape index (κ1) is 60.1. The molecule has 1 amide bonds. The number of nitrogens with one attached hydrogen (secondary N) is 1. The maximum absolute atomic E-state index is 13.2. The van der Waals surface area contributed by atoms with Crippen LogP contribution in [0.15, 0.2) is 36.5 Å². The standard InChI is InChI=1S/C56H105NO5/c1-4-7-10-13-16-19-22-25-26-27-28-31-32-35-38-41-44-47-52(62-56(61)49-46-43-40-37-34-30-24-21-18-15-12-9-6-3)50-55(60)57-53(51-58)54(59)48-45-42-39-36-33-29-23-20-17-14-11-8-5-2/h16,19,25-26,28,31,52-54,58-59H,4-15,17-18,20-24,27,29-30,32-51H2,1-3H3,(H,57,60)/b19-16-,26-25-,31-28-. The summed E-state index contributed by atoms with van der Waals surface area (Å²) in [6.07, 6.45) is 59.1. The zero-order chi connectivity index (χ0) is 45.2. The summed E-state index contributed by atoms with van der Waals surface area (Å²) in [4.78, 5) is 26.2. The molecule has 0 aromatic heterocycles. The Morgan fingerprint density at radius 3 is 1.27 bits per heavy atom. The van der Waals surface area contributed by atoms with Crippen LogP contribution < -0.4 is 5.32 Å². The Hall–Kier alpha value is -1.92. The number of unbranched alkanes of at least 4 members (excludes halogenated alkanes) is 31. The largest absolute Gasteiger partial charge is 0.462 e. The molecule has 62 heavy (non-hydrogen) atoms. The lowest BCUT2D eigenvalue weighted by Crippen LogP contribution is -2.46. The van der Waals surface area contributed by atoms with Crippen molar-refractivity contribution < 1.29 is 24.5 Å². The fourth-order valence-electron chi connectivity index (χ4n) is 8.32. The van der Waals surface area contributed by atoms with Gasteiger partial charge in [0.15, 0.2) is 0 Å². The van der Waals surface area contributed by atoms with E-state index in [9.17, 15) is 19.8 Å². The van der Waals surface area contributed by atoms with Crippen LogP contribution in [0.3, 0.4) is 0 Å². The minimum absolute atomic E-state index is 0.0667. The van der Waals surface area contributed by atoms with Crippen LogP contribution >= 0.6 is 0 Å². The van der Waals surface area contributed by atoms with Gasteiger partial charge >= 0.3 is 5.97 Å². The predicted molar refractivity (Wildman–Crippen MR) is 269 cm³/mol. The molecule has 0 aliphatic carbocycles. The molecule has 0 bridgehead atoms. The zero-order valence-corrected chi connectivity index (χ0v) is 41.5. The molecule has 0 fully saturated rings. The van der Waals surface area contributed by atoms with Crippen molar-refractivity contribution in [2.45, 2.75) is 302 Å². The van der Waals surface area contributed by atoms with Gasteiger partial charge in [-0.05, 0) is 64.2 Å². The Morgan fingerprint density at radius 2 is 0.823 bits per heavy atom. The van der Waals surface area contributed by atoms with Gasteiger partial charge < -0.3 is 20.3 Å². The minimum atomic E-state index is -0.791. The van der Waals surface area contributed by atoms with E-state index in [2.05, 4.69) is 62.5 Å². The van der Waals surface area contributed by atoms with Crippen LogP contribution in [0.5, 0.6) is 0 Å². The molecule has 3 atom stereocenters. The lowest BCUT2D eigenvalue weighted by Gasteiger charge is -2.24. The highest BCUT2D eigenvalue weighted by Crippen LogP contribution is 2.18. The molecule has 0 heterocycles. The van der Waals surface area contributed by atoms with Crippen molar-refractivity contribution in [3.05, 3.63) is 36.5 Å². The smallest absolute Gasteiger partial charge is 0.306 e. The summed E-state index contributed by atoms with van der Waals surface area (Å²) in [7, 11) is 0. The topological polar surface area (TPSA) is 95.9 Å². The number of hydrogen-bond donors (Lipinski definition) is 3. The maximum atomic E-state index is 13.2. The van der Waals surface area contributed by atoms with Crippen molar-refractivity contribution in [1.29, 1.82) is 0 Å². The molecule has 3 unspecified atom stereocenters. The van der Waals surface area contributed by atoms with Gasteiger partial charge in [0.25, 0.3) is 0 Å². The second-order valence-corrected chi connectivity index (χ2v) is 18.6. The summed E-state index contributed by atoms with van der Waals surface area (Å²) >= 11 is 0. The SMILES string of the molecule is CCCCC/C=C\C/C=C\C/C=C\CCCCCCC(CC(=O)NC(CO)C(O)CCCCCCCCCCCCCCC)OC(=O)CCCCCCCCCCCCCCC. The molecule has 0 aromatic rings. The number of ether oxygens (including phenoxy) is 1. The van der Waals surface area contributed by atoms with E-state index < -0.39 is 18.2 Å². The molecule has 364 valence electrons. The number of carbonyl (C=O) groups excluding carboxylic acids is 2. The van der Waals surface area contributed by atoms with Crippen LogP contribution in [0.25, 0.3) is 0 Å². The van der Waals surface area contributed by atoms with Crippen molar-refractivity contribution in [2.24, 2.45) is 0 Å². The van der Waals surface area contributed by atoms with E-state index >= 15 is 0 Å². The summed E-state index contributed by atoms with van der Waals surface area (Å²) in [5, 5.41) is 23.8. The van der Waals surface area contributed by atoms with Crippen LogP contribution in [0.1, 0.15) is 284 Å². The number of aliphatic hydroxyl groups excluding tert-OH is 2. The maximum Gasteiger partial charge on any atom is 0.306 e. The molecule has 0 aliphatic rings. The van der Waals surface area contributed by atoms with Crippen LogP contribution in [0, 0.1) is 0 Å². The van der Waals surface area contributed by atoms with E-state index in [0.29, 0.717) is 19.3 Å². The van der Waals surface area contributed by atoms with Crippen LogP contribution in [0.2, 0.25) is 0 Å². The number of rotatable bonds is 49. The number of allylic oxidation sites excluding steroid dienone is 6. The fourth-order valence-corrected chi connectivity index (χ4v) is 8.32. The van der Waals surface area contributed by atoms with Gasteiger partial charge in [0.2, 0.25) is 5.91 Å². The summed E-state index contributed by atoms with van der Waals surface area (Å²) in [5.74, 6) is -0.483. The van der Waals surface area contributed by atoms with E-state index in [-0.39, 0.29) is 24.9 Å².